The second-order valence-electron chi connectivity index (χ2n) is 5.41. The highest BCUT2D eigenvalue weighted by molar-refractivity contribution is 7.19. The first-order valence-corrected chi connectivity index (χ1v) is 8.32. The van der Waals surface area contributed by atoms with Gasteiger partial charge in [-0.2, -0.15) is 0 Å². The van der Waals surface area contributed by atoms with Gasteiger partial charge in [0.2, 0.25) is 0 Å². The third-order valence-electron chi connectivity index (χ3n) is 3.86. The van der Waals surface area contributed by atoms with Gasteiger partial charge in [0, 0.05) is 10.6 Å². The highest BCUT2D eigenvalue weighted by Gasteiger charge is 2.22. The number of nitrogens with zero attached hydrogens (tertiary/aromatic N) is 2. The number of hydrogen-bond donors (Lipinski definition) is 1. The van der Waals surface area contributed by atoms with Crippen LogP contribution in [0.5, 0.6) is 0 Å². The Bertz CT molecular complexity index is 891. The Hall–Kier alpha value is -1.72. The zero-order valence-corrected chi connectivity index (χ0v) is 13.5. The lowest BCUT2D eigenvalue weighted by molar-refractivity contribution is 0.628. The molecule has 1 N–H and O–H groups in total. The molecule has 1 aliphatic rings. The van der Waals surface area contributed by atoms with E-state index in [0.717, 1.165) is 40.4 Å². The Morgan fingerprint density at radius 2 is 2.14 bits per heavy atom. The molecule has 0 unspecified atom stereocenters. The molecule has 3 aromatic rings. The number of fused-ring (bicyclic) bond motifs is 3. The van der Waals surface area contributed by atoms with Gasteiger partial charge in [-0.15, -0.1) is 11.3 Å². The summed E-state index contributed by atoms with van der Waals surface area (Å²) in [6.07, 6.45) is 3.38. The summed E-state index contributed by atoms with van der Waals surface area (Å²) in [5, 5.41) is 4.48. The van der Waals surface area contributed by atoms with Crippen LogP contribution in [0.4, 0.5) is 15.9 Å². The molecule has 0 radical (unpaired) electrons. The average Bonchev–Trinajstić information content (AvgIpc) is 3.02. The number of rotatable bonds is 2. The van der Waals surface area contributed by atoms with Gasteiger partial charge in [-0.25, -0.2) is 14.4 Å². The molecule has 1 aliphatic carbocycles. The molecule has 0 saturated carbocycles. The maximum Gasteiger partial charge on any atom is 0.143 e. The predicted molar refractivity (Wildman–Crippen MR) is 88.9 cm³/mol. The van der Waals surface area contributed by atoms with Crippen LogP contribution in [0.1, 0.15) is 22.7 Å². The third kappa shape index (κ3) is 2.25. The molecule has 0 spiro atoms. The van der Waals surface area contributed by atoms with E-state index in [-0.39, 0.29) is 5.02 Å². The molecule has 2 heterocycles. The van der Waals surface area contributed by atoms with Gasteiger partial charge in [0.25, 0.3) is 0 Å². The van der Waals surface area contributed by atoms with Gasteiger partial charge < -0.3 is 5.32 Å². The van der Waals surface area contributed by atoms with E-state index in [0.29, 0.717) is 0 Å². The van der Waals surface area contributed by atoms with E-state index in [1.165, 1.54) is 22.9 Å². The fourth-order valence-corrected chi connectivity index (χ4v) is 4.39. The molecule has 0 bridgehead atoms. The summed E-state index contributed by atoms with van der Waals surface area (Å²) in [5.74, 6) is 1.08. The van der Waals surface area contributed by atoms with Gasteiger partial charge in [0.05, 0.1) is 10.4 Å². The van der Waals surface area contributed by atoms with Crippen molar-refractivity contribution in [2.75, 3.05) is 5.32 Å². The average molecular weight is 334 g/mol. The highest BCUT2D eigenvalue weighted by atomic mass is 35.5. The van der Waals surface area contributed by atoms with Crippen molar-refractivity contribution in [3.05, 3.63) is 45.3 Å². The first-order valence-electron chi connectivity index (χ1n) is 7.13. The second-order valence-corrected chi connectivity index (χ2v) is 6.90. The highest BCUT2D eigenvalue weighted by Crippen LogP contribution is 2.40. The van der Waals surface area contributed by atoms with Crippen molar-refractivity contribution in [2.24, 2.45) is 0 Å². The van der Waals surface area contributed by atoms with Crippen LogP contribution in [-0.2, 0) is 12.8 Å². The van der Waals surface area contributed by atoms with E-state index >= 15 is 0 Å². The summed E-state index contributed by atoms with van der Waals surface area (Å²) in [6.45, 7) is 1.88. The van der Waals surface area contributed by atoms with E-state index in [1.807, 2.05) is 6.92 Å². The molecule has 4 rings (SSSR count). The minimum atomic E-state index is -0.423. The van der Waals surface area contributed by atoms with Crippen LogP contribution in [0.15, 0.2) is 18.2 Å². The summed E-state index contributed by atoms with van der Waals surface area (Å²) >= 11 is 7.61. The molecule has 0 atom stereocenters. The number of aromatic nitrogens is 2. The normalized spacial score (nSPS) is 13.6. The topological polar surface area (TPSA) is 37.8 Å². The van der Waals surface area contributed by atoms with E-state index in [4.69, 9.17) is 11.6 Å². The zero-order chi connectivity index (χ0) is 15.3. The van der Waals surface area contributed by atoms with Crippen molar-refractivity contribution >= 4 is 44.7 Å². The third-order valence-corrected chi connectivity index (χ3v) is 5.33. The fourth-order valence-electron chi connectivity index (χ4n) is 2.90. The maximum atomic E-state index is 13.3. The van der Waals surface area contributed by atoms with Crippen molar-refractivity contribution in [1.29, 1.82) is 0 Å². The van der Waals surface area contributed by atoms with Crippen LogP contribution in [0, 0.1) is 12.7 Å². The summed E-state index contributed by atoms with van der Waals surface area (Å²) in [7, 11) is 0. The van der Waals surface area contributed by atoms with Gasteiger partial charge in [-0.05, 0) is 49.9 Å². The van der Waals surface area contributed by atoms with E-state index in [2.05, 4.69) is 15.3 Å². The molecule has 0 amide bonds. The molecule has 3 nitrogen and oxygen atoms in total. The Labute approximate surface area is 136 Å². The van der Waals surface area contributed by atoms with Crippen molar-refractivity contribution in [2.45, 2.75) is 26.2 Å². The van der Waals surface area contributed by atoms with Crippen LogP contribution in [0.25, 0.3) is 10.2 Å². The van der Waals surface area contributed by atoms with Crippen molar-refractivity contribution < 1.29 is 4.39 Å². The minimum Gasteiger partial charge on any atom is -0.340 e. The van der Waals surface area contributed by atoms with Gasteiger partial charge in [0.15, 0.2) is 0 Å². The van der Waals surface area contributed by atoms with Crippen molar-refractivity contribution in [3.8, 4) is 0 Å². The summed E-state index contributed by atoms with van der Waals surface area (Å²) in [5.41, 5.74) is 2.08. The SMILES string of the molecule is Cc1nc(Nc2ccc(F)c(Cl)c2)c2c3c(sc2n1)CCC3. The Kier molecular flexibility index (Phi) is 3.27. The summed E-state index contributed by atoms with van der Waals surface area (Å²) in [4.78, 5) is 11.5. The molecule has 6 heteroatoms. The number of nitrogens with one attached hydrogen (secondary N) is 1. The number of thiophene rings is 1. The van der Waals surface area contributed by atoms with Crippen molar-refractivity contribution in [1.82, 2.24) is 9.97 Å². The number of anilines is 2. The smallest absolute Gasteiger partial charge is 0.143 e. The molecule has 2 aromatic heterocycles. The van der Waals surface area contributed by atoms with Gasteiger partial charge in [-0.3, -0.25) is 0 Å². The molecular formula is C16H13ClFN3S. The number of hydrogen-bond acceptors (Lipinski definition) is 4. The van der Waals surface area contributed by atoms with Gasteiger partial charge in [-0.1, -0.05) is 11.6 Å². The Balaban J connectivity index is 1.85. The molecule has 0 aliphatic heterocycles. The monoisotopic (exact) mass is 333 g/mol. The van der Waals surface area contributed by atoms with Crippen LogP contribution in [-0.4, -0.2) is 9.97 Å². The van der Waals surface area contributed by atoms with Crippen LogP contribution >= 0.6 is 22.9 Å². The second kappa shape index (κ2) is 5.18. The van der Waals surface area contributed by atoms with Gasteiger partial charge >= 0.3 is 0 Å². The molecule has 22 heavy (non-hydrogen) atoms. The lowest BCUT2D eigenvalue weighted by Crippen LogP contribution is -1.99. The Morgan fingerprint density at radius 1 is 1.27 bits per heavy atom. The summed E-state index contributed by atoms with van der Waals surface area (Å²) in [6, 6.07) is 4.60. The lowest BCUT2D eigenvalue weighted by atomic mass is 10.2. The van der Waals surface area contributed by atoms with Crippen LogP contribution < -0.4 is 5.32 Å². The zero-order valence-electron chi connectivity index (χ0n) is 11.9. The van der Waals surface area contributed by atoms with Crippen molar-refractivity contribution in [3.63, 3.8) is 0 Å². The number of benzene rings is 1. The van der Waals surface area contributed by atoms with Crippen LogP contribution in [0.2, 0.25) is 5.02 Å². The molecular weight excluding hydrogens is 321 g/mol. The fraction of sp³-hybridized carbons (Fsp3) is 0.250. The lowest BCUT2D eigenvalue weighted by Gasteiger charge is -2.09. The molecule has 0 saturated heterocycles. The molecule has 0 fully saturated rings. The quantitative estimate of drug-likeness (QED) is 0.715. The largest absolute Gasteiger partial charge is 0.340 e. The first-order chi connectivity index (χ1) is 10.6. The van der Waals surface area contributed by atoms with Gasteiger partial charge in [0.1, 0.15) is 22.3 Å². The standard InChI is InChI=1S/C16H13ClFN3S/c1-8-19-15(21-9-5-6-12(18)11(17)7-9)14-10-3-2-4-13(10)22-16(14)20-8/h5-7H,2-4H2,1H3,(H,19,20,21). The van der Waals surface area contributed by atoms with E-state index in [9.17, 15) is 4.39 Å². The molecule has 1 aromatic carbocycles. The maximum absolute atomic E-state index is 13.3. The first kappa shape index (κ1) is 13.9. The summed E-state index contributed by atoms with van der Waals surface area (Å²) < 4.78 is 13.3. The van der Waals surface area contributed by atoms with E-state index < -0.39 is 5.82 Å². The number of aryl methyl sites for hydroxylation is 3. The predicted octanol–water partition coefficient (Wildman–Crippen LogP) is 5.02. The molecule has 112 valence electrons. The minimum absolute atomic E-state index is 0.0996. The Morgan fingerprint density at radius 3 is 2.95 bits per heavy atom. The van der Waals surface area contributed by atoms with E-state index in [1.54, 1.807) is 23.5 Å². The van der Waals surface area contributed by atoms with Crippen LogP contribution in [0.3, 0.4) is 0 Å². The number of halogens is 2.